The monoisotopic (exact) mass is 364 g/mol. The van der Waals surface area contributed by atoms with Crippen LogP contribution in [-0.4, -0.2) is 35.3 Å². The number of ether oxygens (including phenoxy) is 1. The van der Waals surface area contributed by atoms with Crippen LogP contribution in [0.15, 0.2) is 60.7 Å². The van der Waals surface area contributed by atoms with E-state index in [1.165, 1.54) is 6.92 Å². The highest BCUT2D eigenvalue weighted by Crippen LogP contribution is 2.15. The molecule has 0 aliphatic rings. The van der Waals surface area contributed by atoms with E-state index in [2.05, 4.69) is 10.3 Å². The van der Waals surface area contributed by atoms with E-state index >= 15 is 0 Å². The number of esters is 1. The number of ketones is 1. The molecule has 0 fully saturated rings. The molecule has 0 saturated heterocycles. The number of rotatable bonds is 7. The maximum absolute atomic E-state index is 12.1. The van der Waals surface area contributed by atoms with Crippen LogP contribution in [0.2, 0.25) is 0 Å². The Morgan fingerprint density at radius 2 is 1.74 bits per heavy atom. The van der Waals surface area contributed by atoms with Gasteiger partial charge in [-0.3, -0.25) is 9.59 Å². The molecule has 0 radical (unpaired) electrons. The predicted octanol–water partition coefficient (Wildman–Crippen LogP) is 2.64. The Kier molecular flexibility index (Phi) is 5.66. The van der Waals surface area contributed by atoms with Crippen molar-refractivity contribution in [2.45, 2.75) is 19.4 Å². The number of amides is 1. The summed E-state index contributed by atoms with van der Waals surface area (Å²) in [6, 6.07) is 17.9. The summed E-state index contributed by atoms with van der Waals surface area (Å²) in [6.07, 6.45) is 0.387. The van der Waals surface area contributed by atoms with Gasteiger partial charge in [-0.15, -0.1) is 0 Å². The molecule has 0 saturated carbocycles. The van der Waals surface area contributed by atoms with E-state index in [0.29, 0.717) is 6.42 Å². The molecule has 1 aromatic heterocycles. The molecule has 3 aromatic rings. The summed E-state index contributed by atoms with van der Waals surface area (Å²) in [7, 11) is 0. The third-order valence-electron chi connectivity index (χ3n) is 4.19. The molecule has 2 aromatic carbocycles. The maximum Gasteiger partial charge on any atom is 0.355 e. The van der Waals surface area contributed by atoms with Gasteiger partial charge in [0.1, 0.15) is 5.69 Å². The maximum atomic E-state index is 12.1. The molecule has 0 spiro atoms. The van der Waals surface area contributed by atoms with Crippen molar-refractivity contribution in [1.82, 2.24) is 10.3 Å². The number of hydrogen-bond acceptors (Lipinski definition) is 4. The summed E-state index contributed by atoms with van der Waals surface area (Å²) in [6.45, 7) is 0.969. The molecule has 3 rings (SSSR count). The first-order valence-electron chi connectivity index (χ1n) is 8.61. The number of benzene rings is 2. The molecular formula is C21H20N2O4. The lowest BCUT2D eigenvalue weighted by Crippen LogP contribution is -2.43. The van der Waals surface area contributed by atoms with Gasteiger partial charge in [0.15, 0.2) is 12.4 Å². The zero-order valence-corrected chi connectivity index (χ0v) is 14.9. The van der Waals surface area contributed by atoms with Crippen LogP contribution in [0.5, 0.6) is 0 Å². The smallest absolute Gasteiger partial charge is 0.355 e. The van der Waals surface area contributed by atoms with Crippen LogP contribution in [0.25, 0.3) is 10.9 Å². The quantitative estimate of drug-likeness (QED) is 0.631. The van der Waals surface area contributed by atoms with E-state index in [-0.39, 0.29) is 11.5 Å². The fourth-order valence-corrected chi connectivity index (χ4v) is 2.77. The number of nitrogens with one attached hydrogen (secondary N) is 2. The minimum atomic E-state index is -0.660. The second-order valence-corrected chi connectivity index (χ2v) is 6.27. The number of para-hydroxylation sites is 1. The molecule has 0 aliphatic carbocycles. The van der Waals surface area contributed by atoms with Crippen molar-refractivity contribution in [3.63, 3.8) is 0 Å². The SMILES string of the molecule is CC(=O)C(Cc1ccccc1)NC(=O)COC(=O)c1cc2ccccc2[nH]1. The molecule has 0 aliphatic heterocycles. The zero-order valence-electron chi connectivity index (χ0n) is 14.9. The van der Waals surface area contributed by atoms with E-state index in [1.54, 1.807) is 6.07 Å². The van der Waals surface area contributed by atoms with Crippen LogP contribution in [0, 0.1) is 0 Å². The van der Waals surface area contributed by atoms with Crippen molar-refractivity contribution in [1.29, 1.82) is 0 Å². The van der Waals surface area contributed by atoms with Gasteiger partial charge in [0.2, 0.25) is 0 Å². The molecular weight excluding hydrogens is 344 g/mol. The van der Waals surface area contributed by atoms with Crippen LogP contribution in [0.1, 0.15) is 23.0 Å². The molecule has 27 heavy (non-hydrogen) atoms. The third-order valence-corrected chi connectivity index (χ3v) is 4.19. The van der Waals surface area contributed by atoms with Crippen molar-refractivity contribution in [2.75, 3.05) is 6.61 Å². The number of aromatic amines is 1. The number of fused-ring (bicyclic) bond motifs is 1. The van der Waals surface area contributed by atoms with E-state index in [1.807, 2.05) is 54.6 Å². The van der Waals surface area contributed by atoms with Crippen molar-refractivity contribution in [3.05, 3.63) is 71.9 Å². The van der Waals surface area contributed by atoms with E-state index < -0.39 is 24.5 Å². The Hall–Kier alpha value is -3.41. The van der Waals surface area contributed by atoms with Gasteiger partial charge in [0, 0.05) is 10.9 Å². The average molecular weight is 364 g/mol. The summed E-state index contributed by atoms with van der Waals surface area (Å²) < 4.78 is 5.06. The van der Waals surface area contributed by atoms with Crippen LogP contribution in [-0.2, 0) is 20.7 Å². The molecule has 6 heteroatoms. The first-order valence-corrected chi connectivity index (χ1v) is 8.61. The largest absolute Gasteiger partial charge is 0.451 e. The van der Waals surface area contributed by atoms with E-state index in [9.17, 15) is 14.4 Å². The second kappa shape index (κ2) is 8.31. The van der Waals surface area contributed by atoms with Crippen molar-refractivity contribution < 1.29 is 19.1 Å². The van der Waals surface area contributed by atoms with Crippen molar-refractivity contribution >= 4 is 28.6 Å². The lowest BCUT2D eigenvalue weighted by atomic mass is 10.0. The minimum Gasteiger partial charge on any atom is -0.451 e. The highest BCUT2D eigenvalue weighted by Gasteiger charge is 2.19. The number of carbonyl (C=O) groups excluding carboxylic acids is 3. The first-order chi connectivity index (χ1) is 13.0. The fraction of sp³-hybridized carbons (Fsp3) is 0.190. The number of carbonyl (C=O) groups is 3. The molecule has 1 unspecified atom stereocenters. The summed E-state index contributed by atoms with van der Waals surface area (Å²) in [5.74, 6) is -1.30. The Bertz CT molecular complexity index is 929. The van der Waals surface area contributed by atoms with Crippen molar-refractivity contribution in [2.24, 2.45) is 0 Å². The number of Topliss-reactive ketones (excluding diaryl/α,β-unsaturated/α-hetero) is 1. The Morgan fingerprint density at radius 3 is 2.44 bits per heavy atom. The third kappa shape index (κ3) is 4.82. The summed E-state index contributed by atoms with van der Waals surface area (Å²) >= 11 is 0. The van der Waals surface area contributed by atoms with Crippen LogP contribution in [0.3, 0.4) is 0 Å². The second-order valence-electron chi connectivity index (χ2n) is 6.27. The molecule has 0 bridgehead atoms. The van der Waals surface area contributed by atoms with Gasteiger partial charge in [-0.25, -0.2) is 4.79 Å². The fourth-order valence-electron chi connectivity index (χ4n) is 2.77. The van der Waals surface area contributed by atoms with E-state index in [4.69, 9.17) is 4.74 Å². The number of hydrogen-bond donors (Lipinski definition) is 2. The summed E-state index contributed by atoms with van der Waals surface area (Å²) in [5, 5.41) is 3.51. The molecule has 1 amide bonds. The topological polar surface area (TPSA) is 88.3 Å². The van der Waals surface area contributed by atoms with Gasteiger partial charge < -0.3 is 15.0 Å². The molecule has 1 heterocycles. The van der Waals surface area contributed by atoms with Crippen LogP contribution < -0.4 is 5.32 Å². The lowest BCUT2D eigenvalue weighted by Gasteiger charge is -2.16. The van der Waals surface area contributed by atoms with Gasteiger partial charge in [0.05, 0.1) is 6.04 Å². The molecule has 138 valence electrons. The predicted molar refractivity (Wildman–Crippen MR) is 101 cm³/mol. The Morgan fingerprint density at radius 1 is 1.04 bits per heavy atom. The highest BCUT2D eigenvalue weighted by molar-refractivity contribution is 5.96. The normalized spacial score (nSPS) is 11.7. The Labute approximate surface area is 156 Å². The van der Waals surface area contributed by atoms with Crippen molar-refractivity contribution in [3.8, 4) is 0 Å². The average Bonchev–Trinajstić information content (AvgIpc) is 3.10. The van der Waals surface area contributed by atoms with Gasteiger partial charge in [-0.05, 0) is 31.0 Å². The van der Waals surface area contributed by atoms with Gasteiger partial charge >= 0.3 is 5.97 Å². The zero-order chi connectivity index (χ0) is 19.2. The summed E-state index contributed by atoms with van der Waals surface area (Å²) in [5.41, 5.74) is 2.03. The molecule has 6 nitrogen and oxygen atoms in total. The molecule has 2 N–H and O–H groups in total. The summed E-state index contributed by atoms with van der Waals surface area (Å²) in [4.78, 5) is 39.0. The van der Waals surface area contributed by atoms with E-state index in [0.717, 1.165) is 16.5 Å². The standard InChI is InChI=1S/C21H20N2O4/c1-14(24)18(11-15-7-3-2-4-8-15)23-20(25)13-27-21(26)19-12-16-9-5-6-10-17(16)22-19/h2-10,12,18,22H,11,13H2,1H3,(H,23,25). The minimum absolute atomic E-state index is 0.158. The molecule has 1 atom stereocenters. The highest BCUT2D eigenvalue weighted by atomic mass is 16.5. The van der Waals surface area contributed by atoms with Crippen LogP contribution in [0.4, 0.5) is 0 Å². The number of H-pyrrole nitrogens is 1. The van der Waals surface area contributed by atoms with Crippen LogP contribution >= 0.6 is 0 Å². The van der Waals surface area contributed by atoms with Gasteiger partial charge in [0.25, 0.3) is 5.91 Å². The van der Waals surface area contributed by atoms with Gasteiger partial charge in [-0.2, -0.15) is 0 Å². The Balaban J connectivity index is 1.55. The van der Waals surface area contributed by atoms with Gasteiger partial charge in [-0.1, -0.05) is 48.5 Å². The first kappa shape index (κ1) is 18.4. The lowest BCUT2D eigenvalue weighted by molar-refractivity contribution is -0.128. The number of aromatic nitrogens is 1.